The molecule has 0 unspecified atom stereocenters. The second-order valence-electron chi connectivity index (χ2n) is 10.3. The summed E-state index contributed by atoms with van der Waals surface area (Å²) in [5.74, 6) is 0.335. The number of nitrogens with zero attached hydrogens (tertiary/aromatic N) is 4. The Morgan fingerprint density at radius 1 is 1.10 bits per heavy atom. The Kier molecular flexibility index (Phi) is 8.24. The molecule has 10 nitrogen and oxygen atoms in total. The quantitative estimate of drug-likeness (QED) is 0.183. The number of nitrogen functional groups attached to an aromatic ring is 1. The molecule has 4 aromatic rings. The minimum atomic E-state index is -2.86. The van der Waals surface area contributed by atoms with Gasteiger partial charge in [-0.3, -0.25) is 0 Å². The monoisotopic (exact) mass is 569 g/mol. The molecule has 12 heteroatoms. The van der Waals surface area contributed by atoms with Gasteiger partial charge in [0.05, 0.1) is 18.1 Å². The molecule has 0 spiro atoms. The maximum absolute atomic E-state index is 10.2. The predicted octanol–water partition coefficient (Wildman–Crippen LogP) is 4.61. The Hall–Kier alpha value is -2.58. The molecule has 0 aliphatic carbocycles. The summed E-state index contributed by atoms with van der Waals surface area (Å²) in [5, 5.41) is 28.4. The van der Waals surface area contributed by atoms with Gasteiger partial charge in [-0.1, -0.05) is 69.8 Å². The molecule has 0 radical (unpaired) electrons. The van der Waals surface area contributed by atoms with Crippen LogP contribution in [0.1, 0.15) is 40.3 Å². The fraction of sp³-hybridized carbons (Fsp3) is 0.444. The zero-order chi connectivity index (χ0) is 27.7. The second kappa shape index (κ2) is 11.5. The molecule has 1 aliphatic rings. The Labute approximate surface area is 232 Å². The van der Waals surface area contributed by atoms with E-state index in [0.29, 0.717) is 28.3 Å². The van der Waals surface area contributed by atoms with E-state index in [1.54, 1.807) is 4.68 Å². The molecule has 4 N–H and O–H groups in total. The second-order valence-corrected chi connectivity index (χ2v) is 15.7. The van der Waals surface area contributed by atoms with Gasteiger partial charge in [0.1, 0.15) is 30.1 Å². The molecule has 39 heavy (non-hydrogen) atoms. The van der Waals surface area contributed by atoms with Crippen LogP contribution in [-0.2, 0) is 13.6 Å². The van der Waals surface area contributed by atoms with Crippen molar-refractivity contribution in [1.82, 2.24) is 19.7 Å². The highest BCUT2D eigenvalue weighted by atomic mass is 32.2. The van der Waals surface area contributed by atoms with Crippen LogP contribution in [0.2, 0.25) is 11.1 Å². The van der Waals surface area contributed by atoms with Crippen molar-refractivity contribution in [2.24, 2.45) is 0 Å². The third-order valence-electron chi connectivity index (χ3n) is 7.29. The molecule has 1 saturated heterocycles. The lowest BCUT2D eigenvalue weighted by Gasteiger charge is -2.39. The van der Waals surface area contributed by atoms with E-state index in [-0.39, 0.29) is 17.7 Å². The Morgan fingerprint density at radius 3 is 2.54 bits per heavy atom. The van der Waals surface area contributed by atoms with Crippen molar-refractivity contribution in [2.75, 3.05) is 19.1 Å². The lowest BCUT2D eigenvalue weighted by molar-refractivity contribution is -0.0532. The molecular formula is C27H35N5O5SSi. The van der Waals surface area contributed by atoms with Crippen molar-refractivity contribution in [1.29, 1.82) is 0 Å². The van der Waals surface area contributed by atoms with Crippen LogP contribution in [0.25, 0.3) is 21.8 Å². The maximum atomic E-state index is 10.2. The zero-order valence-corrected chi connectivity index (χ0v) is 24.3. The number of rotatable bonds is 10. The van der Waals surface area contributed by atoms with E-state index < -0.39 is 33.8 Å². The van der Waals surface area contributed by atoms with Gasteiger partial charge in [0.25, 0.3) is 0 Å². The van der Waals surface area contributed by atoms with Crippen LogP contribution >= 0.6 is 11.8 Å². The molecular weight excluding hydrogens is 534 g/mol. The summed E-state index contributed by atoms with van der Waals surface area (Å²) < 4.78 is 20.6. The molecule has 3 heterocycles. The highest BCUT2D eigenvalue weighted by Gasteiger charge is 2.50. The molecule has 208 valence electrons. The lowest BCUT2D eigenvalue weighted by atomic mass is 10.1. The van der Waals surface area contributed by atoms with Crippen LogP contribution in [-0.4, -0.2) is 64.1 Å². The number of hydrogen-bond acceptors (Lipinski definition) is 10. The Balaban J connectivity index is 1.48. The normalized spacial score (nSPS) is 20.2. The maximum Gasteiger partial charge on any atom is 0.345 e. The Morgan fingerprint density at radius 2 is 1.85 bits per heavy atom. The van der Waals surface area contributed by atoms with Crippen LogP contribution in [0.5, 0.6) is 0 Å². The zero-order valence-electron chi connectivity index (χ0n) is 22.5. The predicted molar refractivity (Wildman–Crippen MR) is 152 cm³/mol. The summed E-state index contributed by atoms with van der Waals surface area (Å²) in [4.78, 5) is 9.72. The SMILES string of the molecule is CC(C)[Si](OCO)(O[C@H]1C[C@H](n2nc(Sc3ccc4ccccc4c3)c3c(N)ncnc32)O[C@H]1CO)C(C)C. The van der Waals surface area contributed by atoms with Crippen molar-refractivity contribution < 1.29 is 23.8 Å². The third kappa shape index (κ3) is 5.30. The molecule has 3 atom stereocenters. The number of nitrogens with two attached hydrogens (primary N) is 1. The van der Waals surface area contributed by atoms with E-state index in [0.717, 1.165) is 15.7 Å². The average Bonchev–Trinajstić information content (AvgIpc) is 3.49. The number of benzene rings is 2. The van der Waals surface area contributed by atoms with Crippen molar-refractivity contribution >= 4 is 47.9 Å². The molecule has 0 saturated carbocycles. The number of hydrogen-bond donors (Lipinski definition) is 3. The van der Waals surface area contributed by atoms with E-state index in [1.165, 1.54) is 18.1 Å². The van der Waals surface area contributed by atoms with Gasteiger partial charge in [-0.2, -0.15) is 5.10 Å². The summed E-state index contributed by atoms with van der Waals surface area (Å²) in [7, 11) is -2.86. The van der Waals surface area contributed by atoms with Crippen molar-refractivity contribution in [3.63, 3.8) is 0 Å². The van der Waals surface area contributed by atoms with Crippen molar-refractivity contribution in [3.8, 4) is 0 Å². The van der Waals surface area contributed by atoms with E-state index in [4.69, 9.17) is 24.4 Å². The van der Waals surface area contributed by atoms with Gasteiger partial charge < -0.3 is 29.5 Å². The van der Waals surface area contributed by atoms with Crippen LogP contribution in [0, 0.1) is 0 Å². The van der Waals surface area contributed by atoms with Crippen molar-refractivity contribution in [2.45, 2.75) is 73.6 Å². The average molecular weight is 570 g/mol. The van der Waals surface area contributed by atoms with Gasteiger partial charge in [-0.15, -0.1) is 0 Å². The number of ether oxygens (including phenoxy) is 1. The molecule has 0 amide bonds. The molecule has 2 aromatic carbocycles. The number of aliphatic hydroxyl groups is 2. The van der Waals surface area contributed by atoms with Crippen LogP contribution in [0.3, 0.4) is 0 Å². The first-order chi connectivity index (χ1) is 18.8. The highest BCUT2D eigenvalue weighted by Crippen LogP contribution is 2.42. The topological polar surface area (TPSA) is 138 Å². The third-order valence-corrected chi connectivity index (χ3v) is 12.7. The molecule has 2 aromatic heterocycles. The first-order valence-corrected chi connectivity index (χ1v) is 15.9. The largest absolute Gasteiger partial charge is 0.394 e. The first kappa shape index (κ1) is 28.0. The first-order valence-electron chi connectivity index (χ1n) is 13.1. The molecule has 5 rings (SSSR count). The van der Waals surface area contributed by atoms with Gasteiger partial charge in [-0.05, 0) is 34.0 Å². The smallest absolute Gasteiger partial charge is 0.345 e. The Bertz CT molecular complexity index is 1440. The van der Waals surface area contributed by atoms with Crippen molar-refractivity contribution in [3.05, 3.63) is 48.8 Å². The number of anilines is 1. The van der Waals surface area contributed by atoms with Gasteiger partial charge in [0.15, 0.2) is 11.9 Å². The fourth-order valence-corrected chi connectivity index (χ4v) is 9.87. The number of aliphatic hydroxyl groups excluding tert-OH is 2. The van der Waals surface area contributed by atoms with E-state index in [9.17, 15) is 10.2 Å². The minimum absolute atomic E-state index is 0.0751. The van der Waals surface area contributed by atoms with E-state index in [2.05, 4.69) is 40.3 Å². The van der Waals surface area contributed by atoms with E-state index in [1.807, 2.05) is 39.8 Å². The summed E-state index contributed by atoms with van der Waals surface area (Å²) in [6.45, 7) is 7.52. The lowest BCUT2D eigenvalue weighted by Crippen LogP contribution is -2.52. The highest BCUT2D eigenvalue weighted by molar-refractivity contribution is 7.99. The number of aromatic nitrogens is 4. The minimum Gasteiger partial charge on any atom is -0.394 e. The van der Waals surface area contributed by atoms with Crippen LogP contribution in [0.15, 0.2) is 58.7 Å². The summed E-state index contributed by atoms with van der Waals surface area (Å²) in [5.41, 5.74) is 7.02. The summed E-state index contributed by atoms with van der Waals surface area (Å²) in [6, 6.07) is 14.4. The van der Waals surface area contributed by atoms with Gasteiger partial charge in [-0.25, -0.2) is 14.6 Å². The summed E-state index contributed by atoms with van der Waals surface area (Å²) >= 11 is 1.49. The fourth-order valence-electron chi connectivity index (χ4n) is 5.36. The van der Waals surface area contributed by atoms with Crippen LogP contribution < -0.4 is 5.73 Å². The molecule has 1 aliphatic heterocycles. The van der Waals surface area contributed by atoms with Gasteiger partial charge in [0, 0.05) is 11.3 Å². The summed E-state index contributed by atoms with van der Waals surface area (Å²) in [6.07, 6.45) is 0.261. The molecule has 1 fully saturated rings. The number of fused-ring (bicyclic) bond motifs is 2. The van der Waals surface area contributed by atoms with Gasteiger partial charge >= 0.3 is 8.56 Å². The van der Waals surface area contributed by atoms with Gasteiger partial charge in [0.2, 0.25) is 0 Å². The van der Waals surface area contributed by atoms with Crippen LogP contribution in [0.4, 0.5) is 5.82 Å². The van der Waals surface area contributed by atoms with E-state index >= 15 is 0 Å². The molecule has 0 bridgehead atoms. The standard InChI is InChI=1S/C27H35N5O5SSi/c1-16(2)39(17(3)4,35-15-34)37-21-12-23(36-22(21)13-33)32-26-24(25(28)29-14-30-26)27(31-32)38-20-10-9-18-7-5-6-8-19(18)11-20/h5-11,14,16-17,21-23,33-34H,12-13,15H2,1-4H3,(H2,28,29,30)/t21-,22-,23+/m0/s1.